The molecule has 134 valence electrons. The quantitative estimate of drug-likeness (QED) is 0.698. The Kier molecular flexibility index (Phi) is 5.39. The number of rotatable bonds is 5. The SMILES string of the molecule is COc1cc(NC(=O)c2sc(-c3ccccn3)nc2C)c(OC)cc1Cl. The number of carbonyl (C=O) groups is 1. The summed E-state index contributed by atoms with van der Waals surface area (Å²) in [4.78, 5) is 22.0. The molecule has 2 aromatic heterocycles. The maximum Gasteiger partial charge on any atom is 0.267 e. The van der Waals surface area contributed by atoms with Gasteiger partial charge in [0.2, 0.25) is 0 Å². The molecule has 0 saturated heterocycles. The van der Waals surface area contributed by atoms with Gasteiger partial charge in [-0.15, -0.1) is 11.3 Å². The minimum Gasteiger partial charge on any atom is -0.495 e. The van der Waals surface area contributed by atoms with Crippen LogP contribution in [0.1, 0.15) is 15.4 Å². The van der Waals surface area contributed by atoms with Gasteiger partial charge in [0.25, 0.3) is 5.91 Å². The lowest BCUT2D eigenvalue weighted by molar-refractivity contribution is 0.102. The zero-order valence-electron chi connectivity index (χ0n) is 14.4. The average Bonchev–Trinajstić information content (AvgIpc) is 3.05. The number of nitrogens with one attached hydrogen (secondary N) is 1. The first-order valence-electron chi connectivity index (χ1n) is 7.65. The predicted octanol–water partition coefficient (Wildman–Crippen LogP) is 4.44. The van der Waals surface area contributed by atoms with E-state index >= 15 is 0 Å². The molecule has 3 aromatic rings. The summed E-state index contributed by atoms with van der Waals surface area (Å²) in [5.41, 5.74) is 1.82. The fourth-order valence-electron chi connectivity index (χ4n) is 2.34. The number of hydrogen-bond acceptors (Lipinski definition) is 6. The molecule has 0 unspecified atom stereocenters. The third kappa shape index (κ3) is 3.63. The molecule has 8 heteroatoms. The zero-order chi connectivity index (χ0) is 18.7. The molecule has 0 atom stereocenters. The van der Waals surface area contributed by atoms with Gasteiger partial charge in [0.1, 0.15) is 21.4 Å². The Morgan fingerprint density at radius 3 is 2.62 bits per heavy atom. The van der Waals surface area contributed by atoms with Crippen molar-refractivity contribution in [3.8, 4) is 22.2 Å². The van der Waals surface area contributed by atoms with Crippen LogP contribution in [0.25, 0.3) is 10.7 Å². The number of hydrogen-bond donors (Lipinski definition) is 1. The van der Waals surface area contributed by atoms with E-state index in [2.05, 4.69) is 15.3 Å². The van der Waals surface area contributed by atoms with Gasteiger partial charge in [-0.25, -0.2) is 4.98 Å². The van der Waals surface area contributed by atoms with Gasteiger partial charge >= 0.3 is 0 Å². The Balaban J connectivity index is 1.91. The fourth-order valence-corrected chi connectivity index (χ4v) is 3.51. The summed E-state index contributed by atoms with van der Waals surface area (Å²) in [6.07, 6.45) is 1.69. The van der Waals surface area contributed by atoms with Crippen LogP contribution in [0, 0.1) is 6.92 Å². The molecule has 2 heterocycles. The Hall–Kier alpha value is -2.64. The second-order valence-corrected chi connectivity index (χ2v) is 6.70. The molecule has 0 aliphatic carbocycles. The van der Waals surface area contributed by atoms with E-state index in [1.165, 1.54) is 25.6 Å². The molecule has 6 nitrogen and oxygen atoms in total. The van der Waals surface area contributed by atoms with Crippen LogP contribution in [0.4, 0.5) is 5.69 Å². The maximum absolute atomic E-state index is 12.7. The van der Waals surface area contributed by atoms with E-state index in [0.29, 0.717) is 37.8 Å². The third-order valence-electron chi connectivity index (χ3n) is 3.61. The largest absolute Gasteiger partial charge is 0.495 e. The lowest BCUT2D eigenvalue weighted by Crippen LogP contribution is -2.12. The molecule has 3 rings (SSSR count). The van der Waals surface area contributed by atoms with Crippen molar-refractivity contribution in [1.29, 1.82) is 0 Å². The summed E-state index contributed by atoms with van der Waals surface area (Å²) < 4.78 is 10.5. The first-order valence-corrected chi connectivity index (χ1v) is 8.84. The van der Waals surface area contributed by atoms with Crippen LogP contribution in [0.3, 0.4) is 0 Å². The van der Waals surface area contributed by atoms with Crippen molar-refractivity contribution < 1.29 is 14.3 Å². The van der Waals surface area contributed by atoms with Crippen LogP contribution in [0.2, 0.25) is 5.02 Å². The van der Waals surface area contributed by atoms with Gasteiger partial charge in [-0.2, -0.15) is 0 Å². The highest BCUT2D eigenvalue weighted by molar-refractivity contribution is 7.17. The Morgan fingerprint density at radius 1 is 1.19 bits per heavy atom. The fraction of sp³-hybridized carbons (Fsp3) is 0.167. The first kappa shape index (κ1) is 18.2. The molecule has 26 heavy (non-hydrogen) atoms. The van der Waals surface area contributed by atoms with Crippen LogP contribution in [-0.2, 0) is 0 Å². The molecule has 0 bridgehead atoms. The summed E-state index contributed by atoms with van der Waals surface area (Å²) in [6, 6.07) is 8.78. The highest BCUT2D eigenvalue weighted by Gasteiger charge is 2.19. The summed E-state index contributed by atoms with van der Waals surface area (Å²) in [5, 5.41) is 3.92. The maximum atomic E-state index is 12.7. The van der Waals surface area contributed by atoms with E-state index < -0.39 is 0 Å². The van der Waals surface area contributed by atoms with Crippen molar-refractivity contribution in [3.63, 3.8) is 0 Å². The molecule has 1 amide bonds. The number of methoxy groups -OCH3 is 2. The number of benzene rings is 1. The van der Waals surface area contributed by atoms with Crippen molar-refractivity contribution in [2.75, 3.05) is 19.5 Å². The van der Waals surface area contributed by atoms with Crippen molar-refractivity contribution in [3.05, 3.63) is 52.1 Å². The van der Waals surface area contributed by atoms with Gasteiger partial charge in [0.15, 0.2) is 0 Å². The highest BCUT2D eigenvalue weighted by Crippen LogP contribution is 2.36. The van der Waals surface area contributed by atoms with Crippen LogP contribution < -0.4 is 14.8 Å². The normalized spacial score (nSPS) is 10.5. The van der Waals surface area contributed by atoms with E-state index in [0.717, 1.165) is 5.69 Å². The smallest absolute Gasteiger partial charge is 0.267 e. The average molecular weight is 390 g/mol. The Morgan fingerprint density at radius 2 is 1.96 bits per heavy atom. The van der Waals surface area contributed by atoms with Crippen LogP contribution in [0.5, 0.6) is 11.5 Å². The minimum absolute atomic E-state index is 0.287. The van der Waals surface area contributed by atoms with Crippen molar-refractivity contribution >= 4 is 34.5 Å². The van der Waals surface area contributed by atoms with Crippen molar-refractivity contribution in [2.45, 2.75) is 6.92 Å². The minimum atomic E-state index is -0.287. The molecule has 1 aromatic carbocycles. The van der Waals surface area contributed by atoms with Crippen LogP contribution >= 0.6 is 22.9 Å². The number of pyridine rings is 1. The molecular formula is C18H16ClN3O3S. The van der Waals surface area contributed by atoms with Gasteiger partial charge in [0.05, 0.1) is 36.3 Å². The molecule has 0 fully saturated rings. The molecule has 0 radical (unpaired) electrons. The van der Waals surface area contributed by atoms with Gasteiger partial charge < -0.3 is 14.8 Å². The van der Waals surface area contributed by atoms with Crippen molar-refractivity contribution in [1.82, 2.24) is 9.97 Å². The molecule has 0 aliphatic rings. The first-order chi connectivity index (χ1) is 12.5. The Bertz CT molecular complexity index is 944. The lowest BCUT2D eigenvalue weighted by Gasteiger charge is -2.12. The lowest BCUT2D eigenvalue weighted by atomic mass is 10.2. The number of nitrogens with zero attached hydrogens (tertiary/aromatic N) is 2. The standard InChI is InChI=1S/C18H16ClN3O3S/c1-10-16(26-18(21-10)12-6-4-5-7-20-12)17(23)22-13-9-14(24-2)11(19)8-15(13)25-3/h4-9H,1-3H3,(H,22,23). The van der Waals surface area contributed by atoms with Crippen molar-refractivity contribution in [2.24, 2.45) is 0 Å². The molecule has 0 saturated carbocycles. The molecule has 1 N–H and O–H groups in total. The van der Waals surface area contributed by atoms with Crippen LogP contribution in [-0.4, -0.2) is 30.1 Å². The summed E-state index contributed by atoms with van der Waals surface area (Å²) >= 11 is 7.38. The van der Waals surface area contributed by atoms with Gasteiger partial charge in [-0.1, -0.05) is 17.7 Å². The van der Waals surface area contributed by atoms with E-state index in [1.54, 1.807) is 25.3 Å². The zero-order valence-corrected chi connectivity index (χ0v) is 15.9. The number of ether oxygens (including phenoxy) is 2. The monoisotopic (exact) mass is 389 g/mol. The molecule has 0 spiro atoms. The van der Waals surface area contributed by atoms with E-state index in [1.807, 2.05) is 18.2 Å². The summed E-state index contributed by atoms with van der Waals surface area (Å²) in [6.45, 7) is 1.79. The second-order valence-electron chi connectivity index (χ2n) is 5.29. The number of amides is 1. The third-order valence-corrected chi connectivity index (χ3v) is 5.08. The van der Waals surface area contributed by atoms with Gasteiger partial charge in [-0.05, 0) is 19.1 Å². The van der Waals surface area contributed by atoms with E-state index in [4.69, 9.17) is 21.1 Å². The Labute approximate surface area is 159 Å². The number of thiazole rings is 1. The number of aryl methyl sites for hydroxylation is 1. The van der Waals surface area contributed by atoms with Gasteiger partial charge in [-0.3, -0.25) is 9.78 Å². The number of halogens is 1. The molecule has 0 aliphatic heterocycles. The number of aromatic nitrogens is 2. The highest BCUT2D eigenvalue weighted by atomic mass is 35.5. The summed E-state index contributed by atoms with van der Waals surface area (Å²) in [5.74, 6) is 0.596. The second kappa shape index (κ2) is 7.72. The number of carbonyl (C=O) groups excluding carboxylic acids is 1. The van der Waals surface area contributed by atoms with E-state index in [-0.39, 0.29) is 5.91 Å². The van der Waals surface area contributed by atoms with Gasteiger partial charge in [0, 0.05) is 18.3 Å². The number of anilines is 1. The van der Waals surface area contributed by atoms with Crippen LogP contribution in [0.15, 0.2) is 36.5 Å². The topological polar surface area (TPSA) is 73.3 Å². The van der Waals surface area contributed by atoms with E-state index in [9.17, 15) is 4.79 Å². The summed E-state index contributed by atoms with van der Waals surface area (Å²) in [7, 11) is 3.01. The molecular weight excluding hydrogens is 374 g/mol. The predicted molar refractivity (Wildman–Crippen MR) is 103 cm³/mol.